The molecule has 0 aliphatic carbocycles. The summed E-state index contributed by atoms with van der Waals surface area (Å²) in [4.78, 5) is 2.00. The van der Waals surface area contributed by atoms with Crippen LogP contribution >= 0.6 is 0 Å². The first-order valence-electron chi connectivity index (χ1n) is 9.40. The van der Waals surface area contributed by atoms with Gasteiger partial charge in [-0.2, -0.15) is 0 Å². The number of phenolic OH excluding ortho intramolecular Hbond substituents is 1. The van der Waals surface area contributed by atoms with Gasteiger partial charge < -0.3 is 25.7 Å². The summed E-state index contributed by atoms with van der Waals surface area (Å²) < 4.78 is 5.21. The number of oxime groups is 1. The molecule has 0 amide bonds. The molecule has 1 atom stereocenters. The van der Waals surface area contributed by atoms with E-state index in [9.17, 15) is 5.11 Å². The highest BCUT2D eigenvalue weighted by Crippen LogP contribution is 2.41. The van der Waals surface area contributed by atoms with E-state index in [0.29, 0.717) is 5.56 Å². The molecule has 30 heavy (non-hydrogen) atoms. The molecule has 1 aliphatic heterocycles. The van der Waals surface area contributed by atoms with Crippen LogP contribution in [0.2, 0.25) is 0 Å². The normalized spacial score (nSPS) is 14.4. The topological polar surface area (TPSA) is 91.3 Å². The molecule has 3 aromatic carbocycles. The Labute approximate surface area is 174 Å². The van der Waals surface area contributed by atoms with Crippen molar-refractivity contribution in [2.45, 2.75) is 6.04 Å². The number of phenols is 1. The van der Waals surface area contributed by atoms with E-state index in [4.69, 9.17) is 15.7 Å². The monoisotopic (exact) mass is 399 g/mol. The molecular formula is C24H21N3O3. The van der Waals surface area contributed by atoms with Gasteiger partial charge in [-0.05, 0) is 22.8 Å². The van der Waals surface area contributed by atoms with Crippen LogP contribution in [0.25, 0.3) is 11.1 Å². The summed E-state index contributed by atoms with van der Waals surface area (Å²) in [5.41, 5.74) is 9.90. The van der Waals surface area contributed by atoms with Crippen molar-refractivity contribution in [2.24, 2.45) is 10.9 Å². The molecule has 1 unspecified atom stereocenters. The van der Waals surface area contributed by atoms with Gasteiger partial charge >= 0.3 is 0 Å². The molecule has 150 valence electrons. The van der Waals surface area contributed by atoms with E-state index in [0.717, 1.165) is 22.3 Å². The maximum Gasteiger partial charge on any atom is 0.170 e. The first-order chi connectivity index (χ1) is 14.7. The molecule has 4 rings (SSSR count). The van der Waals surface area contributed by atoms with Crippen molar-refractivity contribution in [1.82, 2.24) is 4.90 Å². The highest BCUT2D eigenvalue weighted by atomic mass is 16.5. The number of rotatable bonds is 5. The van der Waals surface area contributed by atoms with Gasteiger partial charge in [-0.1, -0.05) is 71.9 Å². The van der Waals surface area contributed by atoms with Crippen molar-refractivity contribution in [1.29, 1.82) is 0 Å². The van der Waals surface area contributed by atoms with E-state index in [1.807, 2.05) is 71.9 Å². The molecular weight excluding hydrogens is 378 g/mol. The first kappa shape index (κ1) is 19.1. The van der Waals surface area contributed by atoms with Crippen molar-refractivity contribution in [3.05, 3.63) is 114 Å². The number of nitrogens with two attached hydrogens (primary N) is 1. The molecule has 0 radical (unpaired) electrons. The van der Waals surface area contributed by atoms with Crippen LogP contribution in [0.15, 0.2) is 103 Å². The zero-order valence-corrected chi connectivity index (χ0v) is 16.1. The van der Waals surface area contributed by atoms with E-state index in [2.05, 4.69) is 5.16 Å². The van der Waals surface area contributed by atoms with Crippen LogP contribution in [0.1, 0.15) is 22.7 Å². The second kappa shape index (κ2) is 8.45. The summed E-state index contributed by atoms with van der Waals surface area (Å²) in [6.45, 7) is 0. The Kier molecular flexibility index (Phi) is 5.39. The predicted octanol–water partition coefficient (Wildman–Crippen LogP) is 4.52. The average molecular weight is 399 g/mol. The average Bonchev–Trinajstić information content (AvgIpc) is 2.80. The standard InChI is InChI=1S/C24H21N3O3/c25-24(26-29)19-11-9-18(10-12-19)23(27-13-15-30-16-14-27)20-7-4-8-21(28)22(20)17-5-2-1-3-6-17/h1-16,23,28-29H,(H2,25,26). The van der Waals surface area contributed by atoms with Crippen molar-refractivity contribution in [3.63, 3.8) is 0 Å². The van der Waals surface area contributed by atoms with Gasteiger partial charge in [0.1, 0.15) is 18.3 Å². The van der Waals surface area contributed by atoms with Crippen LogP contribution in [0.4, 0.5) is 0 Å². The molecule has 1 aliphatic rings. The Hall–Kier alpha value is -4.19. The van der Waals surface area contributed by atoms with Crippen molar-refractivity contribution in [3.8, 4) is 16.9 Å². The molecule has 0 fully saturated rings. The minimum absolute atomic E-state index is 0.0478. The lowest BCUT2D eigenvalue weighted by Gasteiger charge is -2.31. The zero-order chi connectivity index (χ0) is 20.9. The summed E-state index contributed by atoms with van der Waals surface area (Å²) in [7, 11) is 0. The minimum Gasteiger partial charge on any atom is -0.507 e. The fraction of sp³-hybridized carbons (Fsp3) is 0.0417. The number of ether oxygens (including phenoxy) is 1. The maximum absolute atomic E-state index is 10.7. The fourth-order valence-corrected chi connectivity index (χ4v) is 3.59. The SMILES string of the molecule is NC(=NO)c1ccc(C(c2cccc(O)c2-c2ccccc2)N2C=COC=C2)cc1. The molecule has 0 saturated heterocycles. The molecule has 0 bridgehead atoms. The number of aromatic hydroxyl groups is 1. The summed E-state index contributed by atoms with van der Waals surface area (Å²) in [5, 5.41) is 22.7. The number of hydrogen-bond acceptors (Lipinski definition) is 5. The maximum atomic E-state index is 10.7. The highest BCUT2D eigenvalue weighted by Gasteiger charge is 2.25. The number of benzene rings is 3. The van der Waals surface area contributed by atoms with Crippen LogP contribution in [-0.2, 0) is 4.74 Å². The van der Waals surface area contributed by atoms with Gasteiger partial charge in [0.05, 0.1) is 6.04 Å². The van der Waals surface area contributed by atoms with Crippen LogP contribution in [0.5, 0.6) is 5.75 Å². The van der Waals surface area contributed by atoms with E-state index in [1.54, 1.807) is 30.7 Å². The van der Waals surface area contributed by atoms with Gasteiger partial charge in [-0.15, -0.1) is 0 Å². The Morgan fingerprint density at radius 1 is 0.900 bits per heavy atom. The van der Waals surface area contributed by atoms with Gasteiger partial charge in [0.2, 0.25) is 0 Å². The summed E-state index contributed by atoms with van der Waals surface area (Å²) >= 11 is 0. The van der Waals surface area contributed by atoms with E-state index in [1.165, 1.54) is 0 Å². The summed E-state index contributed by atoms with van der Waals surface area (Å²) in [6.07, 6.45) is 6.87. The minimum atomic E-state index is -0.245. The zero-order valence-electron chi connectivity index (χ0n) is 16.1. The fourth-order valence-electron chi connectivity index (χ4n) is 3.59. The van der Waals surface area contributed by atoms with Gasteiger partial charge in [0.15, 0.2) is 5.84 Å². The van der Waals surface area contributed by atoms with Gasteiger partial charge in [0, 0.05) is 23.5 Å². The Bertz CT molecular complexity index is 1090. The third-order valence-corrected chi connectivity index (χ3v) is 4.98. The summed E-state index contributed by atoms with van der Waals surface area (Å²) in [6, 6.07) is 22.5. The number of hydrogen-bond donors (Lipinski definition) is 3. The van der Waals surface area contributed by atoms with Crippen molar-refractivity contribution >= 4 is 5.84 Å². The van der Waals surface area contributed by atoms with Crippen molar-refractivity contribution < 1.29 is 15.1 Å². The van der Waals surface area contributed by atoms with Gasteiger partial charge in [-0.3, -0.25) is 0 Å². The molecule has 6 nitrogen and oxygen atoms in total. The first-order valence-corrected chi connectivity index (χ1v) is 9.40. The molecule has 6 heteroatoms. The third-order valence-electron chi connectivity index (χ3n) is 4.98. The third kappa shape index (κ3) is 3.71. The number of amidine groups is 1. The molecule has 1 heterocycles. The highest BCUT2D eigenvalue weighted by molar-refractivity contribution is 5.97. The van der Waals surface area contributed by atoms with Gasteiger partial charge in [-0.25, -0.2) is 0 Å². The smallest absolute Gasteiger partial charge is 0.170 e. The molecule has 4 N–H and O–H groups in total. The number of nitrogens with zero attached hydrogens (tertiary/aromatic N) is 2. The lowest BCUT2D eigenvalue weighted by molar-refractivity contribution is 0.318. The molecule has 3 aromatic rings. The second-order valence-electron chi connectivity index (χ2n) is 6.77. The predicted molar refractivity (Wildman–Crippen MR) is 116 cm³/mol. The summed E-state index contributed by atoms with van der Waals surface area (Å²) in [5.74, 6) is 0.254. The lowest BCUT2D eigenvalue weighted by Crippen LogP contribution is -2.22. The Balaban J connectivity index is 1.88. The quantitative estimate of drug-likeness (QED) is 0.254. The lowest BCUT2D eigenvalue weighted by atomic mass is 9.89. The largest absolute Gasteiger partial charge is 0.507 e. The second-order valence-corrected chi connectivity index (χ2v) is 6.77. The van der Waals surface area contributed by atoms with Crippen LogP contribution in [0.3, 0.4) is 0 Å². The molecule has 0 saturated carbocycles. The van der Waals surface area contributed by atoms with E-state index in [-0.39, 0.29) is 17.6 Å². The Morgan fingerprint density at radius 2 is 1.60 bits per heavy atom. The van der Waals surface area contributed by atoms with Crippen LogP contribution < -0.4 is 5.73 Å². The van der Waals surface area contributed by atoms with E-state index >= 15 is 0 Å². The van der Waals surface area contributed by atoms with Crippen molar-refractivity contribution in [2.75, 3.05) is 0 Å². The molecule has 0 spiro atoms. The van der Waals surface area contributed by atoms with Crippen LogP contribution in [0, 0.1) is 0 Å². The van der Waals surface area contributed by atoms with E-state index < -0.39 is 0 Å². The Morgan fingerprint density at radius 3 is 2.27 bits per heavy atom. The molecule has 0 aromatic heterocycles. The van der Waals surface area contributed by atoms with Gasteiger partial charge in [0.25, 0.3) is 0 Å². The van der Waals surface area contributed by atoms with Crippen LogP contribution in [-0.4, -0.2) is 21.0 Å².